The molecule has 0 aliphatic heterocycles. The zero-order valence-electron chi connectivity index (χ0n) is 11.3. The van der Waals surface area contributed by atoms with Crippen molar-refractivity contribution in [2.24, 2.45) is 5.92 Å². The van der Waals surface area contributed by atoms with Crippen LogP contribution in [0.1, 0.15) is 12.5 Å². The predicted molar refractivity (Wildman–Crippen MR) is 73.2 cm³/mol. The van der Waals surface area contributed by atoms with Crippen molar-refractivity contribution in [1.82, 2.24) is 0 Å². The Morgan fingerprint density at radius 2 is 1.70 bits per heavy atom. The first-order chi connectivity index (χ1) is 8.94. The highest BCUT2D eigenvalue weighted by molar-refractivity contribution is 7.93. The van der Waals surface area contributed by atoms with E-state index in [1.54, 1.807) is 0 Å². The highest BCUT2D eigenvalue weighted by Gasteiger charge is 2.25. The molecule has 0 saturated heterocycles. The number of benzene rings is 1. The lowest BCUT2D eigenvalue weighted by atomic mass is 10.0. The summed E-state index contributed by atoms with van der Waals surface area (Å²) in [5, 5.41) is 8.90. The Bertz CT molecular complexity index is 731. The average molecular weight is 320 g/mol. The number of carboxylic acid groups (broad SMARTS) is 1. The molecule has 1 rings (SSSR count). The molecule has 0 fully saturated rings. The second-order valence-electron chi connectivity index (χ2n) is 4.73. The third kappa shape index (κ3) is 3.80. The standard InChI is InChI=1S/C12H16O6S2/c1-8(12(13)14)7-9-5-4-6-10(19(2,15)16)11(9)20(3,17)18/h4-6,8H,7H2,1-3H3,(H,13,14). The van der Waals surface area contributed by atoms with E-state index in [-0.39, 0.29) is 21.8 Å². The van der Waals surface area contributed by atoms with Crippen molar-refractivity contribution in [3.8, 4) is 0 Å². The summed E-state index contributed by atoms with van der Waals surface area (Å²) < 4.78 is 47.1. The molecule has 0 bridgehead atoms. The molecular formula is C12H16O6S2. The van der Waals surface area contributed by atoms with Gasteiger partial charge in [-0.05, 0) is 18.1 Å². The van der Waals surface area contributed by atoms with Gasteiger partial charge in [-0.1, -0.05) is 19.1 Å². The third-order valence-electron chi connectivity index (χ3n) is 2.78. The SMILES string of the molecule is CC(Cc1cccc(S(C)(=O)=O)c1S(C)(=O)=O)C(=O)O. The van der Waals surface area contributed by atoms with Crippen LogP contribution in [0.15, 0.2) is 28.0 Å². The van der Waals surface area contributed by atoms with Crippen molar-refractivity contribution in [3.63, 3.8) is 0 Å². The van der Waals surface area contributed by atoms with Gasteiger partial charge in [-0.15, -0.1) is 0 Å². The zero-order chi connectivity index (χ0) is 15.7. The topological polar surface area (TPSA) is 106 Å². The smallest absolute Gasteiger partial charge is 0.306 e. The lowest BCUT2D eigenvalue weighted by molar-refractivity contribution is -0.141. The fraction of sp³-hybridized carbons (Fsp3) is 0.417. The summed E-state index contributed by atoms with van der Waals surface area (Å²) in [6.45, 7) is 1.43. The summed E-state index contributed by atoms with van der Waals surface area (Å²) in [4.78, 5) is 10.3. The first-order valence-electron chi connectivity index (χ1n) is 5.69. The van der Waals surface area contributed by atoms with Crippen LogP contribution in [0.5, 0.6) is 0 Å². The van der Waals surface area contributed by atoms with Gasteiger partial charge in [0.1, 0.15) is 0 Å². The maximum absolute atomic E-state index is 11.9. The maximum atomic E-state index is 11.9. The van der Waals surface area contributed by atoms with E-state index in [1.807, 2.05) is 0 Å². The van der Waals surface area contributed by atoms with Crippen molar-refractivity contribution in [2.45, 2.75) is 23.1 Å². The number of hydrogen-bond acceptors (Lipinski definition) is 5. The van der Waals surface area contributed by atoms with Gasteiger partial charge in [0, 0.05) is 12.5 Å². The van der Waals surface area contributed by atoms with E-state index in [9.17, 15) is 21.6 Å². The van der Waals surface area contributed by atoms with Crippen molar-refractivity contribution in [3.05, 3.63) is 23.8 Å². The van der Waals surface area contributed by atoms with E-state index < -0.39 is 31.6 Å². The van der Waals surface area contributed by atoms with E-state index in [0.29, 0.717) is 0 Å². The molecule has 6 nitrogen and oxygen atoms in total. The van der Waals surface area contributed by atoms with Gasteiger partial charge in [0.15, 0.2) is 19.7 Å². The molecule has 0 aliphatic rings. The number of sulfone groups is 2. The number of carboxylic acids is 1. The Labute approximate surface area is 118 Å². The van der Waals surface area contributed by atoms with Crippen LogP contribution >= 0.6 is 0 Å². The van der Waals surface area contributed by atoms with Crippen molar-refractivity contribution in [2.75, 3.05) is 12.5 Å². The molecule has 1 N–H and O–H groups in total. The molecule has 112 valence electrons. The molecule has 1 aromatic rings. The van der Waals surface area contributed by atoms with E-state index >= 15 is 0 Å². The molecule has 20 heavy (non-hydrogen) atoms. The quantitative estimate of drug-likeness (QED) is 0.858. The maximum Gasteiger partial charge on any atom is 0.306 e. The first-order valence-corrected chi connectivity index (χ1v) is 9.47. The van der Waals surface area contributed by atoms with Gasteiger partial charge in [0.25, 0.3) is 0 Å². The molecule has 1 atom stereocenters. The third-order valence-corrected chi connectivity index (χ3v) is 5.27. The second kappa shape index (κ2) is 5.53. The number of aliphatic carboxylic acids is 1. The van der Waals surface area contributed by atoms with E-state index in [1.165, 1.54) is 25.1 Å². The fourth-order valence-electron chi connectivity index (χ4n) is 1.85. The molecule has 0 amide bonds. The molecule has 0 aromatic heterocycles. The van der Waals surface area contributed by atoms with Gasteiger partial charge >= 0.3 is 5.97 Å². The normalized spacial score (nSPS) is 13.9. The summed E-state index contributed by atoms with van der Waals surface area (Å²) in [6, 6.07) is 4.06. The number of rotatable bonds is 5. The Kier molecular flexibility index (Phi) is 4.60. The minimum Gasteiger partial charge on any atom is -0.481 e. The van der Waals surface area contributed by atoms with Crippen molar-refractivity contribution < 1.29 is 26.7 Å². The number of hydrogen-bond donors (Lipinski definition) is 1. The zero-order valence-corrected chi connectivity index (χ0v) is 13.0. The van der Waals surface area contributed by atoms with Crippen LogP contribution < -0.4 is 0 Å². The van der Waals surface area contributed by atoms with Crippen LogP contribution in [0.4, 0.5) is 0 Å². The second-order valence-corrected chi connectivity index (χ2v) is 8.67. The van der Waals surface area contributed by atoms with Crippen molar-refractivity contribution >= 4 is 25.6 Å². The molecule has 1 aromatic carbocycles. The van der Waals surface area contributed by atoms with Gasteiger partial charge in [-0.25, -0.2) is 16.8 Å². The van der Waals surface area contributed by atoms with Gasteiger partial charge in [-0.2, -0.15) is 0 Å². The summed E-state index contributed by atoms with van der Waals surface area (Å²) >= 11 is 0. The minimum absolute atomic E-state index is 0.0545. The van der Waals surface area contributed by atoms with Crippen LogP contribution in [0.3, 0.4) is 0 Å². The molecule has 1 unspecified atom stereocenters. The average Bonchev–Trinajstić information content (AvgIpc) is 2.25. The Balaban J connectivity index is 3.59. The Morgan fingerprint density at radius 1 is 1.15 bits per heavy atom. The van der Waals surface area contributed by atoms with Crippen LogP contribution in [0.25, 0.3) is 0 Å². The lowest BCUT2D eigenvalue weighted by Crippen LogP contribution is -2.16. The highest BCUT2D eigenvalue weighted by Crippen LogP contribution is 2.27. The molecule has 0 heterocycles. The Morgan fingerprint density at radius 3 is 2.10 bits per heavy atom. The van der Waals surface area contributed by atoms with Gasteiger partial charge in [-0.3, -0.25) is 4.79 Å². The van der Waals surface area contributed by atoms with Gasteiger partial charge in [0.05, 0.1) is 15.7 Å². The van der Waals surface area contributed by atoms with Gasteiger partial charge in [0.2, 0.25) is 0 Å². The molecule has 0 radical (unpaired) electrons. The monoisotopic (exact) mass is 320 g/mol. The summed E-state index contributed by atoms with van der Waals surface area (Å²) in [6.07, 6.45) is 1.77. The van der Waals surface area contributed by atoms with E-state index in [0.717, 1.165) is 12.5 Å². The van der Waals surface area contributed by atoms with Crippen LogP contribution in [-0.2, 0) is 30.9 Å². The van der Waals surface area contributed by atoms with Crippen LogP contribution in [0.2, 0.25) is 0 Å². The summed E-state index contributed by atoms with van der Waals surface area (Å²) in [5.41, 5.74) is 0.199. The lowest BCUT2D eigenvalue weighted by Gasteiger charge is -2.14. The van der Waals surface area contributed by atoms with Crippen LogP contribution in [-0.4, -0.2) is 40.4 Å². The summed E-state index contributed by atoms with van der Waals surface area (Å²) in [7, 11) is -7.51. The molecular weight excluding hydrogens is 304 g/mol. The van der Waals surface area contributed by atoms with E-state index in [2.05, 4.69) is 0 Å². The highest BCUT2D eigenvalue weighted by atomic mass is 32.2. The number of carbonyl (C=O) groups is 1. The first kappa shape index (κ1) is 16.6. The molecule has 8 heteroatoms. The van der Waals surface area contributed by atoms with Crippen molar-refractivity contribution in [1.29, 1.82) is 0 Å². The Hall–Kier alpha value is -1.41. The molecule has 0 aliphatic carbocycles. The summed E-state index contributed by atoms with van der Waals surface area (Å²) in [5.74, 6) is -1.89. The minimum atomic E-state index is -3.79. The fourth-order valence-corrected chi connectivity index (χ4v) is 4.62. The van der Waals surface area contributed by atoms with E-state index in [4.69, 9.17) is 5.11 Å². The molecule has 0 saturated carbocycles. The largest absolute Gasteiger partial charge is 0.481 e. The predicted octanol–water partition coefficient (Wildman–Crippen LogP) is 0.757. The van der Waals surface area contributed by atoms with Crippen LogP contribution in [0, 0.1) is 5.92 Å². The van der Waals surface area contributed by atoms with Gasteiger partial charge < -0.3 is 5.11 Å². The molecule has 0 spiro atoms.